The maximum absolute atomic E-state index is 10.6. The first-order valence-electron chi connectivity index (χ1n) is 6.36. The number of nitrogens with two attached hydrogens (primary N) is 1. The van der Waals surface area contributed by atoms with Gasteiger partial charge in [-0.3, -0.25) is 4.79 Å². The fourth-order valence-corrected chi connectivity index (χ4v) is 2.03. The second-order valence-electron chi connectivity index (χ2n) is 5.38. The number of carboxylic acid groups (broad SMARTS) is 1. The van der Waals surface area contributed by atoms with Gasteiger partial charge in [0.2, 0.25) is 0 Å². The third kappa shape index (κ3) is 4.10. The summed E-state index contributed by atoms with van der Waals surface area (Å²) in [4.78, 5) is 13.1. The summed E-state index contributed by atoms with van der Waals surface area (Å²) in [5.74, 6) is 0.873. The Bertz CT molecular complexity index is 235. The zero-order chi connectivity index (χ0) is 11.5. The molecule has 2 aliphatic rings. The maximum atomic E-state index is 10.6. The monoisotopic (exact) mass is 226 g/mol. The maximum Gasteiger partial charge on any atom is 0.320 e. The molecule has 4 nitrogen and oxygen atoms in total. The van der Waals surface area contributed by atoms with Crippen molar-refractivity contribution in [3.63, 3.8) is 0 Å². The van der Waals surface area contributed by atoms with E-state index in [-0.39, 0.29) is 0 Å². The number of carboxylic acids is 1. The highest BCUT2D eigenvalue weighted by molar-refractivity contribution is 5.72. The van der Waals surface area contributed by atoms with Gasteiger partial charge in [-0.1, -0.05) is 0 Å². The van der Waals surface area contributed by atoms with Gasteiger partial charge in [-0.2, -0.15) is 0 Å². The third-order valence-corrected chi connectivity index (χ3v) is 3.50. The first-order valence-corrected chi connectivity index (χ1v) is 6.36. The quantitative estimate of drug-likeness (QED) is 0.645. The summed E-state index contributed by atoms with van der Waals surface area (Å²) >= 11 is 0. The van der Waals surface area contributed by atoms with E-state index in [0.29, 0.717) is 6.42 Å². The van der Waals surface area contributed by atoms with Gasteiger partial charge in [0.25, 0.3) is 0 Å². The summed E-state index contributed by atoms with van der Waals surface area (Å²) in [6.07, 6.45) is 5.99. The Morgan fingerprint density at radius 2 is 1.75 bits per heavy atom. The topological polar surface area (TPSA) is 66.6 Å². The van der Waals surface area contributed by atoms with E-state index in [1.807, 2.05) is 0 Å². The molecule has 0 saturated heterocycles. The molecule has 0 spiro atoms. The summed E-state index contributed by atoms with van der Waals surface area (Å²) < 4.78 is 0. The largest absolute Gasteiger partial charge is 0.480 e. The molecule has 16 heavy (non-hydrogen) atoms. The van der Waals surface area contributed by atoms with Crippen molar-refractivity contribution in [3.05, 3.63) is 0 Å². The first-order chi connectivity index (χ1) is 7.65. The summed E-state index contributed by atoms with van der Waals surface area (Å²) in [6, 6.07) is -0.694. The van der Waals surface area contributed by atoms with E-state index < -0.39 is 12.0 Å². The molecule has 0 bridgehead atoms. The van der Waals surface area contributed by atoms with Gasteiger partial charge in [0, 0.05) is 19.6 Å². The zero-order valence-corrected chi connectivity index (χ0v) is 9.77. The van der Waals surface area contributed by atoms with E-state index in [4.69, 9.17) is 10.8 Å². The van der Waals surface area contributed by atoms with Crippen molar-refractivity contribution in [3.8, 4) is 0 Å². The molecule has 0 amide bonds. The van der Waals surface area contributed by atoms with E-state index in [1.165, 1.54) is 25.7 Å². The minimum atomic E-state index is -0.877. The lowest BCUT2D eigenvalue weighted by molar-refractivity contribution is -0.138. The average Bonchev–Trinajstić information content (AvgIpc) is 3.08. The van der Waals surface area contributed by atoms with Crippen molar-refractivity contribution >= 4 is 5.97 Å². The Labute approximate surface area is 96.8 Å². The molecule has 2 rings (SSSR count). The van der Waals surface area contributed by atoms with Crippen molar-refractivity contribution in [2.24, 2.45) is 17.6 Å². The average molecular weight is 226 g/mol. The normalized spacial score (nSPS) is 22.4. The molecule has 0 heterocycles. The number of nitrogens with zero attached hydrogens (tertiary/aromatic N) is 1. The Hall–Kier alpha value is -0.610. The zero-order valence-electron chi connectivity index (χ0n) is 9.77. The molecule has 0 aromatic rings. The van der Waals surface area contributed by atoms with Crippen LogP contribution in [0.5, 0.6) is 0 Å². The number of hydrogen-bond acceptors (Lipinski definition) is 3. The fraction of sp³-hybridized carbons (Fsp3) is 0.917. The lowest BCUT2D eigenvalue weighted by atomic mass is 10.2. The highest BCUT2D eigenvalue weighted by Gasteiger charge is 2.29. The van der Waals surface area contributed by atoms with Gasteiger partial charge in [0.15, 0.2) is 0 Å². The van der Waals surface area contributed by atoms with E-state index in [9.17, 15) is 4.79 Å². The molecule has 0 radical (unpaired) electrons. The van der Waals surface area contributed by atoms with Gasteiger partial charge in [0.1, 0.15) is 6.04 Å². The van der Waals surface area contributed by atoms with Crippen molar-refractivity contribution in [1.82, 2.24) is 4.90 Å². The Kier molecular flexibility index (Phi) is 3.82. The van der Waals surface area contributed by atoms with Crippen LogP contribution in [0.1, 0.15) is 32.1 Å². The minimum absolute atomic E-state index is 0.578. The Morgan fingerprint density at radius 1 is 1.25 bits per heavy atom. The number of rotatable bonds is 8. The first kappa shape index (κ1) is 11.9. The smallest absolute Gasteiger partial charge is 0.320 e. The highest BCUT2D eigenvalue weighted by atomic mass is 16.4. The lowest BCUT2D eigenvalue weighted by Gasteiger charge is -2.22. The highest BCUT2D eigenvalue weighted by Crippen LogP contribution is 2.33. The predicted octanol–water partition coefficient (Wildman–Crippen LogP) is 0.910. The molecule has 0 aliphatic heterocycles. The summed E-state index contributed by atoms with van der Waals surface area (Å²) in [7, 11) is 0. The second kappa shape index (κ2) is 5.15. The molecule has 3 N–H and O–H groups in total. The second-order valence-corrected chi connectivity index (χ2v) is 5.38. The van der Waals surface area contributed by atoms with Crippen LogP contribution in [0.15, 0.2) is 0 Å². The van der Waals surface area contributed by atoms with Crippen molar-refractivity contribution in [2.75, 3.05) is 19.6 Å². The molecule has 0 aromatic heterocycles. The standard InChI is InChI=1S/C12H22N2O2/c13-11(12(15)16)5-6-14(7-9-1-2-9)8-10-3-4-10/h9-11H,1-8,13H2,(H,15,16). The molecule has 1 unspecified atom stereocenters. The summed E-state index contributed by atoms with van der Waals surface area (Å²) in [5.41, 5.74) is 5.53. The minimum Gasteiger partial charge on any atom is -0.480 e. The number of carbonyl (C=O) groups is 1. The van der Waals surface area contributed by atoms with Gasteiger partial charge >= 0.3 is 5.97 Å². The number of hydrogen-bond donors (Lipinski definition) is 2. The SMILES string of the molecule is NC(CCN(CC1CC1)CC1CC1)C(=O)O. The van der Waals surface area contributed by atoms with Gasteiger partial charge in [-0.25, -0.2) is 0 Å². The molecule has 92 valence electrons. The molecule has 1 atom stereocenters. The van der Waals surface area contributed by atoms with Crippen LogP contribution in [0.25, 0.3) is 0 Å². The van der Waals surface area contributed by atoms with Crippen LogP contribution in [-0.2, 0) is 4.79 Å². The van der Waals surface area contributed by atoms with Crippen molar-refractivity contribution < 1.29 is 9.90 Å². The van der Waals surface area contributed by atoms with Crippen LogP contribution in [0.4, 0.5) is 0 Å². The fourth-order valence-electron chi connectivity index (χ4n) is 2.03. The Balaban J connectivity index is 1.69. The van der Waals surface area contributed by atoms with Crippen LogP contribution in [-0.4, -0.2) is 41.7 Å². The van der Waals surface area contributed by atoms with Gasteiger partial charge in [-0.15, -0.1) is 0 Å². The van der Waals surface area contributed by atoms with Gasteiger partial charge in [0.05, 0.1) is 0 Å². The van der Waals surface area contributed by atoms with Crippen molar-refractivity contribution in [1.29, 1.82) is 0 Å². The Morgan fingerprint density at radius 3 is 2.12 bits per heavy atom. The molecule has 2 fully saturated rings. The van der Waals surface area contributed by atoms with Crippen LogP contribution in [0.3, 0.4) is 0 Å². The van der Waals surface area contributed by atoms with Crippen LogP contribution < -0.4 is 5.73 Å². The van der Waals surface area contributed by atoms with Crippen molar-refractivity contribution in [2.45, 2.75) is 38.1 Å². The van der Waals surface area contributed by atoms with Crippen LogP contribution >= 0.6 is 0 Å². The summed E-state index contributed by atoms with van der Waals surface area (Å²) in [6.45, 7) is 3.16. The molecule has 2 saturated carbocycles. The molecular formula is C12H22N2O2. The predicted molar refractivity (Wildman–Crippen MR) is 62.1 cm³/mol. The van der Waals surface area contributed by atoms with E-state index in [2.05, 4.69) is 4.90 Å². The van der Waals surface area contributed by atoms with Gasteiger partial charge in [-0.05, 0) is 43.9 Å². The third-order valence-electron chi connectivity index (χ3n) is 3.50. The van der Waals surface area contributed by atoms with E-state index in [0.717, 1.165) is 31.5 Å². The molecular weight excluding hydrogens is 204 g/mol. The molecule has 2 aliphatic carbocycles. The number of aliphatic carboxylic acids is 1. The van der Waals surface area contributed by atoms with Crippen LogP contribution in [0.2, 0.25) is 0 Å². The van der Waals surface area contributed by atoms with Crippen LogP contribution in [0, 0.1) is 11.8 Å². The van der Waals surface area contributed by atoms with Gasteiger partial charge < -0.3 is 15.7 Å². The van der Waals surface area contributed by atoms with E-state index in [1.54, 1.807) is 0 Å². The lowest BCUT2D eigenvalue weighted by Crippen LogP contribution is -2.37. The van der Waals surface area contributed by atoms with E-state index >= 15 is 0 Å². The summed E-state index contributed by atoms with van der Waals surface area (Å²) in [5, 5.41) is 8.74. The molecule has 4 heteroatoms. The molecule has 0 aromatic carbocycles.